The molecule has 0 amide bonds. The van der Waals surface area contributed by atoms with Crippen LogP contribution in [0.2, 0.25) is 0 Å². The molecule has 1 saturated heterocycles. The van der Waals surface area contributed by atoms with E-state index in [0.29, 0.717) is 25.6 Å². The Hall–Kier alpha value is -0.210. The van der Waals surface area contributed by atoms with Gasteiger partial charge in [-0.15, -0.1) is 0 Å². The van der Waals surface area contributed by atoms with Crippen LogP contribution < -0.4 is 10.0 Å². The van der Waals surface area contributed by atoms with Gasteiger partial charge in [-0.25, -0.2) is 4.72 Å². The summed E-state index contributed by atoms with van der Waals surface area (Å²) in [5.41, 5.74) is 0. The van der Waals surface area contributed by atoms with E-state index in [2.05, 4.69) is 28.8 Å². The van der Waals surface area contributed by atoms with Gasteiger partial charge in [0.1, 0.15) is 0 Å². The van der Waals surface area contributed by atoms with Gasteiger partial charge in [0.15, 0.2) is 0 Å². The zero-order chi connectivity index (χ0) is 15.7. The van der Waals surface area contributed by atoms with Crippen LogP contribution in [0.25, 0.3) is 0 Å². The quantitative estimate of drug-likeness (QED) is 0.575. The molecule has 0 aromatic carbocycles. The molecule has 1 heterocycles. The highest BCUT2D eigenvalue weighted by molar-refractivity contribution is 7.87. The maximum absolute atomic E-state index is 12.3. The third kappa shape index (κ3) is 6.61. The van der Waals surface area contributed by atoms with Crippen molar-refractivity contribution in [3.63, 3.8) is 0 Å². The Kier molecular flexibility index (Phi) is 8.73. The second kappa shape index (κ2) is 9.74. The summed E-state index contributed by atoms with van der Waals surface area (Å²) in [7, 11) is -1.39. The van der Waals surface area contributed by atoms with Gasteiger partial charge in [-0.05, 0) is 58.4 Å². The summed E-state index contributed by atoms with van der Waals surface area (Å²) in [5.74, 6) is 0.427. The fourth-order valence-corrected chi connectivity index (χ4v) is 4.20. The molecule has 0 radical (unpaired) electrons. The average molecular weight is 321 g/mol. The third-order valence-electron chi connectivity index (χ3n) is 4.14. The molecule has 2 N–H and O–H groups in total. The number of hydrogen-bond acceptors (Lipinski definition) is 4. The highest BCUT2D eigenvalue weighted by Gasteiger charge is 2.28. The highest BCUT2D eigenvalue weighted by Crippen LogP contribution is 2.17. The van der Waals surface area contributed by atoms with Gasteiger partial charge in [-0.2, -0.15) is 12.7 Å². The van der Waals surface area contributed by atoms with Crippen molar-refractivity contribution in [3.05, 3.63) is 0 Å². The molecule has 1 aliphatic heterocycles. The number of nitrogens with zero attached hydrogens (tertiary/aromatic N) is 2. The standard InChI is InChI=1S/C14H32N4O2S/c1-4-17(5-2)10-7-9-16-21(19,20)18-11-6-8-14(13-18)12-15-3/h14-16H,4-13H2,1-3H3. The van der Waals surface area contributed by atoms with Crippen LogP contribution in [0, 0.1) is 5.92 Å². The SMILES string of the molecule is CCN(CC)CCCNS(=O)(=O)N1CCCC(CNC)C1. The van der Waals surface area contributed by atoms with Crippen molar-refractivity contribution in [3.8, 4) is 0 Å². The first-order valence-corrected chi connectivity index (χ1v) is 9.59. The van der Waals surface area contributed by atoms with Crippen molar-refractivity contribution in [2.45, 2.75) is 33.1 Å². The summed E-state index contributed by atoms with van der Waals surface area (Å²) in [4.78, 5) is 2.30. The lowest BCUT2D eigenvalue weighted by molar-refractivity contribution is 0.260. The molecular weight excluding hydrogens is 288 g/mol. The lowest BCUT2D eigenvalue weighted by Gasteiger charge is -2.31. The number of rotatable bonds is 10. The lowest BCUT2D eigenvalue weighted by Crippen LogP contribution is -2.47. The molecule has 1 fully saturated rings. The van der Waals surface area contributed by atoms with Crippen molar-refractivity contribution in [1.82, 2.24) is 19.2 Å². The van der Waals surface area contributed by atoms with Crippen LogP contribution in [0.3, 0.4) is 0 Å². The van der Waals surface area contributed by atoms with Gasteiger partial charge < -0.3 is 10.2 Å². The van der Waals surface area contributed by atoms with E-state index >= 15 is 0 Å². The van der Waals surface area contributed by atoms with Crippen LogP contribution in [0.1, 0.15) is 33.1 Å². The van der Waals surface area contributed by atoms with Gasteiger partial charge in [0, 0.05) is 19.6 Å². The minimum Gasteiger partial charge on any atom is -0.319 e. The Morgan fingerprint density at radius 1 is 1.29 bits per heavy atom. The van der Waals surface area contributed by atoms with Gasteiger partial charge in [-0.1, -0.05) is 13.8 Å². The van der Waals surface area contributed by atoms with E-state index < -0.39 is 10.2 Å². The number of piperidine rings is 1. The Morgan fingerprint density at radius 3 is 2.62 bits per heavy atom. The molecule has 21 heavy (non-hydrogen) atoms. The van der Waals surface area contributed by atoms with Crippen LogP contribution >= 0.6 is 0 Å². The summed E-state index contributed by atoms with van der Waals surface area (Å²) >= 11 is 0. The van der Waals surface area contributed by atoms with E-state index in [9.17, 15) is 8.42 Å². The Morgan fingerprint density at radius 2 is 2.00 bits per heavy atom. The van der Waals surface area contributed by atoms with Crippen molar-refractivity contribution in [2.75, 3.05) is 52.9 Å². The van der Waals surface area contributed by atoms with Crippen molar-refractivity contribution in [2.24, 2.45) is 5.92 Å². The van der Waals surface area contributed by atoms with E-state index in [-0.39, 0.29) is 0 Å². The molecule has 0 spiro atoms. The zero-order valence-corrected chi connectivity index (χ0v) is 14.6. The minimum atomic E-state index is -3.31. The highest BCUT2D eigenvalue weighted by atomic mass is 32.2. The van der Waals surface area contributed by atoms with E-state index in [0.717, 1.165) is 45.4 Å². The van der Waals surface area contributed by atoms with Gasteiger partial charge >= 0.3 is 0 Å². The average Bonchev–Trinajstić information content (AvgIpc) is 2.48. The maximum Gasteiger partial charge on any atom is 0.279 e. The molecule has 1 unspecified atom stereocenters. The van der Waals surface area contributed by atoms with E-state index in [1.807, 2.05) is 7.05 Å². The lowest BCUT2D eigenvalue weighted by atomic mass is 10.00. The van der Waals surface area contributed by atoms with Gasteiger partial charge in [0.25, 0.3) is 10.2 Å². The number of nitrogens with one attached hydrogen (secondary N) is 2. The normalized spacial score (nSPS) is 21.0. The molecule has 0 saturated carbocycles. The fraction of sp³-hybridized carbons (Fsp3) is 1.00. The monoisotopic (exact) mass is 320 g/mol. The molecule has 0 aromatic heterocycles. The topological polar surface area (TPSA) is 64.7 Å². The molecule has 7 heteroatoms. The summed E-state index contributed by atoms with van der Waals surface area (Å²) in [6.45, 7) is 9.91. The Bertz CT molecular complexity index is 369. The molecule has 0 bridgehead atoms. The van der Waals surface area contributed by atoms with Crippen molar-refractivity contribution in [1.29, 1.82) is 0 Å². The van der Waals surface area contributed by atoms with Gasteiger partial charge in [0.05, 0.1) is 0 Å². The summed E-state index contributed by atoms with van der Waals surface area (Å²) in [6, 6.07) is 0. The minimum absolute atomic E-state index is 0.427. The molecule has 1 rings (SSSR count). The summed E-state index contributed by atoms with van der Waals surface area (Å²) in [5, 5.41) is 3.14. The Labute approximate surface area is 130 Å². The van der Waals surface area contributed by atoms with Gasteiger partial charge in [0.2, 0.25) is 0 Å². The third-order valence-corrected chi connectivity index (χ3v) is 5.72. The smallest absolute Gasteiger partial charge is 0.279 e. The van der Waals surface area contributed by atoms with Crippen LogP contribution in [-0.2, 0) is 10.2 Å². The van der Waals surface area contributed by atoms with E-state index in [1.165, 1.54) is 0 Å². The van der Waals surface area contributed by atoms with Crippen LogP contribution in [0.4, 0.5) is 0 Å². The zero-order valence-electron chi connectivity index (χ0n) is 13.8. The maximum atomic E-state index is 12.3. The molecule has 126 valence electrons. The predicted molar refractivity (Wildman–Crippen MR) is 87.6 cm³/mol. The van der Waals surface area contributed by atoms with Gasteiger partial charge in [-0.3, -0.25) is 0 Å². The van der Waals surface area contributed by atoms with E-state index in [1.54, 1.807) is 4.31 Å². The molecule has 1 aliphatic rings. The summed E-state index contributed by atoms with van der Waals surface area (Å²) < 4.78 is 29.0. The van der Waals surface area contributed by atoms with Crippen LogP contribution in [-0.4, -0.2) is 70.5 Å². The van der Waals surface area contributed by atoms with Crippen LogP contribution in [0.5, 0.6) is 0 Å². The number of hydrogen-bond donors (Lipinski definition) is 2. The molecule has 0 aliphatic carbocycles. The first-order valence-electron chi connectivity index (χ1n) is 8.15. The van der Waals surface area contributed by atoms with Crippen LogP contribution in [0.15, 0.2) is 0 Å². The summed E-state index contributed by atoms with van der Waals surface area (Å²) in [6.07, 6.45) is 2.91. The fourth-order valence-electron chi connectivity index (χ4n) is 2.84. The second-order valence-corrected chi connectivity index (χ2v) is 7.46. The van der Waals surface area contributed by atoms with Crippen molar-refractivity contribution < 1.29 is 8.42 Å². The van der Waals surface area contributed by atoms with E-state index in [4.69, 9.17) is 0 Å². The molecule has 0 aromatic rings. The second-order valence-electron chi connectivity index (χ2n) is 5.70. The Balaban J connectivity index is 2.35. The first kappa shape index (κ1) is 18.8. The first-order chi connectivity index (χ1) is 10.0. The molecule has 6 nitrogen and oxygen atoms in total. The van der Waals surface area contributed by atoms with Crippen molar-refractivity contribution >= 4 is 10.2 Å². The largest absolute Gasteiger partial charge is 0.319 e. The molecule has 1 atom stereocenters. The molecular formula is C14H32N4O2S. The predicted octanol–water partition coefficient (Wildman–Crippen LogP) is 0.484.